The molecule has 18 heavy (non-hydrogen) atoms. The van der Waals surface area contributed by atoms with Gasteiger partial charge in [0, 0.05) is 13.1 Å². The number of hydrogen-bond donors (Lipinski definition) is 3. The van der Waals surface area contributed by atoms with Gasteiger partial charge in [0.25, 0.3) is 6.20 Å². The van der Waals surface area contributed by atoms with Crippen LogP contribution in [-0.2, 0) is 0 Å². The summed E-state index contributed by atoms with van der Waals surface area (Å²) in [5.74, 6) is 0.504. The summed E-state index contributed by atoms with van der Waals surface area (Å²) in [5.41, 5.74) is 5.41. The third kappa shape index (κ3) is 11.2. The minimum Gasteiger partial charge on any atom is -0.367 e. The van der Waals surface area contributed by atoms with Gasteiger partial charge in [-0.2, -0.15) is 0 Å². The van der Waals surface area contributed by atoms with Crippen LogP contribution in [0.3, 0.4) is 0 Å². The van der Waals surface area contributed by atoms with Crippen LogP contribution in [0.4, 0.5) is 0 Å². The summed E-state index contributed by atoms with van der Waals surface area (Å²) in [6.07, 6.45) is 7.51. The van der Waals surface area contributed by atoms with Crippen molar-refractivity contribution in [2.75, 3.05) is 19.6 Å². The summed E-state index contributed by atoms with van der Waals surface area (Å²) < 4.78 is 0. The Morgan fingerprint density at radius 2 is 1.78 bits per heavy atom. The molecule has 0 radical (unpaired) electrons. The second-order valence-electron chi connectivity index (χ2n) is 4.24. The van der Waals surface area contributed by atoms with Crippen molar-refractivity contribution in [3.05, 3.63) is 22.1 Å². The van der Waals surface area contributed by atoms with Gasteiger partial charge in [0.05, 0.1) is 4.92 Å². The second kappa shape index (κ2) is 12.2. The van der Waals surface area contributed by atoms with Crippen molar-refractivity contribution in [1.29, 1.82) is 0 Å². The van der Waals surface area contributed by atoms with Crippen LogP contribution < -0.4 is 16.4 Å². The van der Waals surface area contributed by atoms with E-state index in [0.29, 0.717) is 5.82 Å². The van der Waals surface area contributed by atoms with Crippen LogP contribution in [0.15, 0.2) is 12.0 Å². The number of unbranched alkanes of at least 4 members (excludes halogenated alkanes) is 4. The Hall–Kier alpha value is -1.30. The molecule has 0 atom stereocenters. The van der Waals surface area contributed by atoms with Crippen LogP contribution in [0.2, 0.25) is 0 Å². The SMILES string of the molecule is CCCNC(=C[N+](=O)[O-])NCCCCCCCN. The topological polar surface area (TPSA) is 93.2 Å². The Morgan fingerprint density at radius 3 is 2.39 bits per heavy atom. The minimum atomic E-state index is -0.438. The number of hydrogen-bond acceptors (Lipinski definition) is 5. The highest BCUT2D eigenvalue weighted by Crippen LogP contribution is 2.01. The lowest BCUT2D eigenvalue weighted by Crippen LogP contribution is -2.28. The Kier molecular flexibility index (Phi) is 11.3. The molecule has 0 aromatic carbocycles. The van der Waals surface area contributed by atoms with Gasteiger partial charge in [-0.15, -0.1) is 0 Å². The zero-order valence-corrected chi connectivity index (χ0v) is 11.3. The van der Waals surface area contributed by atoms with Crippen LogP contribution in [0, 0.1) is 10.1 Å². The first-order chi connectivity index (χ1) is 8.70. The highest BCUT2D eigenvalue weighted by atomic mass is 16.6. The van der Waals surface area contributed by atoms with Gasteiger partial charge < -0.3 is 16.4 Å². The summed E-state index contributed by atoms with van der Waals surface area (Å²) in [7, 11) is 0. The molecular formula is C12H26N4O2. The molecule has 0 heterocycles. The Labute approximate surface area is 109 Å². The molecule has 6 nitrogen and oxygen atoms in total. The van der Waals surface area contributed by atoms with E-state index in [1.807, 2.05) is 6.92 Å². The fourth-order valence-electron chi connectivity index (χ4n) is 1.54. The lowest BCUT2D eigenvalue weighted by molar-refractivity contribution is -0.404. The third-order valence-corrected chi connectivity index (χ3v) is 2.50. The fourth-order valence-corrected chi connectivity index (χ4v) is 1.54. The smallest absolute Gasteiger partial charge is 0.274 e. The van der Waals surface area contributed by atoms with Gasteiger partial charge in [-0.1, -0.05) is 26.2 Å². The van der Waals surface area contributed by atoms with E-state index in [0.717, 1.165) is 51.5 Å². The van der Waals surface area contributed by atoms with E-state index in [4.69, 9.17) is 5.73 Å². The van der Waals surface area contributed by atoms with Gasteiger partial charge in [0.1, 0.15) is 0 Å². The molecule has 0 aliphatic heterocycles. The van der Waals surface area contributed by atoms with E-state index < -0.39 is 4.92 Å². The Bertz CT molecular complexity index is 244. The number of nitrogens with two attached hydrogens (primary N) is 1. The average Bonchev–Trinajstić information content (AvgIpc) is 2.34. The predicted molar refractivity (Wildman–Crippen MR) is 73.5 cm³/mol. The first-order valence-electron chi connectivity index (χ1n) is 6.73. The number of nitro groups is 1. The van der Waals surface area contributed by atoms with Gasteiger partial charge in [0.2, 0.25) is 0 Å². The van der Waals surface area contributed by atoms with Crippen LogP contribution in [0.1, 0.15) is 45.4 Å². The van der Waals surface area contributed by atoms with E-state index in [-0.39, 0.29) is 0 Å². The summed E-state index contributed by atoms with van der Waals surface area (Å²) in [6.45, 7) is 4.28. The van der Waals surface area contributed by atoms with E-state index >= 15 is 0 Å². The first kappa shape index (κ1) is 16.7. The first-order valence-corrected chi connectivity index (χ1v) is 6.73. The number of rotatable bonds is 12. The normalized spacial score (nSPS) is 11.3. The summed E-state index contributed by atoms with van der Waals surface area (Å²) in [4.78, 5) is 9.98. The molecule has 0 bridgehead atoms. The lowest BCUT2D eigenvalue weighted by Gasteiger charge is -2.10. The summed E-state index contributed by atoms with van der Waals surface area (Å²) in [6, 6.07) is 0. The van der Waals surface area contributed by atoms with Crippen molar-refractivity contribution in [2.24, 2.45) is 5.73 Å². The molecule has 0 aliphatic rings. The quantitative estimate of drug-likeness (QED) is 0.280. The van der Waals surface area contributed by atoms with Crippen molar-refractivity contribution in [1.82, 2.24) is 10.6 Å². The third-order valence-electron chi connectivity index (χ3n) is 2.50. The monoisotopic (exact) mass is 258 g/mol. The highest BCUT2D eigenvalue weighted by Gasteiger charge is 2.00. The Balaban J connectivity index is 3.66. The zero-order valence-electron chi connectivity index (χ0n) is 11.3. The van der Waals surface area contributed by atoms with Gasteiger partial charge in [-0.05, 0) is 25.8 Å². The van der Waals surface area contributed by atoms with Crippen LogP contribution >= 0.6 is 0 Å². The van der Waals surface area contributed by atoms with E-state index in [1.54, 1.807) is 0 Å². The van der Waals surface area contributed by atoms with Gasteiger partial charge in [0.15, 0.2) is 5.82 Å². The van der Waals surface area contributed by atoms with Gasteiger partial charge in [-0.25, -0.2) is 0 Å². The maximum atomic E-state index is 10.4. The standard InChI is InChI=1S/C12H26N4O2/c1-2-9-14-12(11-16(17)18)15-10-7-5-3-4-6-8-13/h11,14-15H,2-10,13H2,1H3. The van der Waals surface area contributed by atoms with Crippen molar-refractivity contribution >= 4 is 0 Å². The van der Waals surface area contributed by atoms with Crippen LogP contribution in [0.25, 0.3) is 0 Å². The molecular weight excluding hydrogens is 232 g/mol. The largest absolute Gasteiger partial charge is 0.367 e. The van der Waals surface area contributed by atoms with Crippen LogP contribution in [-0.4, -0.2) is 24.6 Å². The molecule has 0 saturated heterocycles. The molecule has 0 spiro atoms. The van der Waals surface area contributed by atoms with Crippen molar-refractivity contribution in [2.45, 2.75) is 45.4 Å². The average molecular weight is 258 g/mol. The molecule has 0 unspecified atom stereocenters. The van der Waals surface area contributed by atoms with Gasteiger partial charge in [-0.3, -0.25) is 10.1 Å². The maximum absolute atomic E-state index is 10.4. The molecule has 6 heteroatoms. The predicted octanol–water partition coefficient (Wildman–Crippen LogP) is 1.56. The molecule has 0 aromatic heterocycles. The van der Waals surface area contributed by atoms with E-state index in [2.05, 4.69) is 10.6 Å². The van der Waals surface area contributed by atoms with Crippen LogP contribution in [0.5, 0.6) is 0 Å². The maximum Gasteiger partial charge on any atom is 0.274 e. The van der Waals surface area contributed by atoms with Crippen molar-refractivity contribution in [3.63, 3.8) is 0 Å². The summed E-state index contributed by atoms with van der Waals surface area (Å²) in [5, 5.41) is 16.5. The minimum absolute atomic E-state index is 0.438. The molecule has 4 N–H and O–H groups in total. The zero-order chi connectivity index (χ0) is 13.6. The summed E-state index contributed by atoms with van der Waals surface area (Å²) >= 11 is 0. The highest BCUT2D eigenvalue weighted by molar-refractivity contribution is 4.91. The number of nitrogens with zero attached hydrogens (tertiary/aromatic N) is 1. The molecule has 0 saturated carbocycles. The second-order valence-corrected chi connectivity index (χ2v) is 4.24. The van der Waals surface area contributed by atoms with Gasteiger partial charge >= 0.3 is 0 Å². The lowest BCUT2D eigenvalue weighted by atomic mass is 10.1. The van der Waals surface area contributed by atoms with E-state index in [1.165, 1.54) is 12.8 Å². The van der Waals surface area contributed by atoms with Crippen molar-refractivity contribution < 1.29 is 4.92 Å². The molecule has 0 aliphatic carbocycles. The van der Waals surface area contributed by atoms with E-state index in [9.17, 15) is 10.1 Å². The molecule has 0 amide bonds. The molecule has 0 fully saturated rings. The molecule has 0 aromatic rings. The Morgan fingerprint density at radius 1 is 1.17 bits per heavy atom. The number of nitrogens with one attached hydrogen (secondary N) is 2. The fraction of sp³-hybridized carbons (Fsp3) is 0.833. The molecule has 106 valence electrons. The van der Waals surface area contributed by atoms with Crippen molar-refractivity contribution in [3.8, 4) is 0 Å². The molecule has 0 rings (SSSR count).